The quantitative estimate of drug-likeness (QED) is 0.172. The number of hydrogen-bond acceptors (Lipinski definition) is 6. The van der Waals surface area contributed by atoms with Gasteiger partial charge < -0.3 is 8.83 Å². The summed E-state index contributed by atoms with van der Waals surface area (Å²) in [6, 6.07) is 85.0. The Hall–Kier alpha value is -9.75. The van der Waals surface area contributed by atoms with Gasteiger partial charge in [0.25, 0.3) is 0 Å². The summed E-state index contributed by atoms with van der Waals surface area (Å²) in [4.78, 5) is 16.6. The van der Waals surface area contributed by atoms with Crippen LogP contribution in [0.15, 0.2) is 245 Å². The van der Waals surface area contributed by atoms with E-state index in [-0.39, 0.29) is 0 Å². The Kier molecular flexibility index (Phi) is 8.58. The number of fused-ring (bicyclic) bond motifs is 19. The van der Waals surface area contributed by atoms with Crippen LogP contribution >= 0.6 is 11.3 Å². The molecule has 2 aliphatic rings. The molecule has 0 fully saturated rings. The van der Waals surface area contributed by atoms with Gasteiger partial charge in [0.1, 0.15) is 22.3 Å². The highest BCUT2D eigenvalue weighted by Gasteiger charge is 2.52. The van der Waals surface area contributed by atoms with Crippen LogP contribution in [0.25, 0.3) is 143 Å². The van der Waals surface area contributed by atoms with E-state index in [4.69, 9.17) is 23.8 Å². The van der Waals surface area contributed by atoms with Gasteiger partial charge in [-0.1, -0.05) is 194 Å². The fourth-order valence-electron chi connectivity index (χ4n) is 13.1. The first kappa shape index (κ1) is 41.7. The predicted molar refractivity (Wildman–Crippen MR) is 311 cm³/mol. The second kappa shape index (κ2) is 15.6. The molecule has 352 valence electrons. The molecule has 0 saturated carbocycles. The second-order valence-corrected chi connectivity index (χ2v) is 21.1. The monoisotopic (exact) mass is 985 g/mol. The Labute approximate surface area is 439 Å². The van der Waals surface area contributed by atoms with E-state index in [9.17, 15) is 0 Å². The fraction of sp³-hybridized carbons (Fsp3) is 0.0143. The third-order valence-electron chi connectivity index (χ3n) is 16.2. The normalized spacial score (nSPS) is 13.1. The first-order chi connectivity index (χ1) is 37.7. The van der Waals surface area contributed by atoms with Crippen LogP contribution in [0.2, 0.25) is 0 Å². The molecule has 11 aromatic carbocycles. The van der Waals surface area contributed by atoms with Crippen molar-refractivity contribution in [3.8, 4) is 78.7 Å². The standard InChI is InChI=1S/C70H39N3O2S/c1-7-27-54-44(16-1)45-17-2-8-28-55(45)70(54)56-29-9-3-18-46(56)48-23-13-22-43(65(48)70)41-36-34-40(35-37-41)42-38-39-60-63(51-21-5-11-31-58(51)75-60)64(42)69-72-67(52-25-15-32-59-62(52)50-20-4-10-30-57(50)74-59)71-68(73-69)53-26-14-24-49-47-19-6-12-33-61(47)76-66(49)53/h1-39H. The summed E-state index contributed by atoms with van der Waals surface area (Å²) in [5, 5.41) is 6.30. The van der Waals surface area contributed by atoms with Crippen molar-refractivity contribution in [1.29, 1.82) is 0 Å². The van der Waals surface area contributed by atoms with E-state index in [2.05, 4.69) is 200 Å². The Morgan fingerprint density at radius 2 is 0.763 bits per heavy atom. The van der Waals surface area contributed by atoms with Crippen LogP contribution in [0.1, 0.15) is 22.3 Å². The van der Waals surface area contributed by atoms with Crippen molar-refractivity contribution in [1.82, 2.24) is 15.0 Å². The predicted octanol–water partition coefficient (Wildman–Crippen LogP) is 18.7. The van der Waals surface area contributed by atoms with Crippen molar-refractivity contribution < 1.29 is 8.83 Å². The van der Waals surface area contributed by atoms with Crippen LogP contribution in [-0.2, 0) is 5.41 Å². The van der Waals surface area contributed by atoms with Crippen molar-refractivity contribution in [2.75, 3.05) is 0 Å². The maximum Gasteiger partial charge on any atom is 0.165 e. The number of thiophene rings is 1. The summed E-state index contributed by atoms with van der Waals surface area (Å²) in [5.41, 5.74) is 20.2. The smallest absolute Gasteiger partial charge is 0.165 e. The Bertz CT molecular complexity index is 4900. The third kappa shape index (κ3) is 5.65. The third-order valence-corrected chi connectivity index (χ3v) is 17.4. The van der Waals surface area contributed by atoms with Gasteiger partial charge in [0.2, 0.25) is 0 Å². The molecule has 0 radical (unpaired) electrons. The van der Waals surface area contributed by atoms with Crippen molar-refractivity contribution >= 4 is 75.4 Å². The van der Waals surface area contributed by atoms with Crippen LogP contribution < -0.4 is 0 Å². The van der Waals surface area contributed by atoms with Gasteiger partial charge in [0.15, 0.2) is 17.5 Å². The topological polar surface area (TPSA) is 65.0 Å². The summed E-state index contributed by atoms with van der Waals surface area (Å²) in [6.45, 7) is 0. The fourth-order valence-corrected chi connectivity index (χ4v) is 14.3. The SMILES string of the molecule is c1ccc2c(c1)-c1ccccc1C21c2ccccc2-c2cccc(-c3ccc(-c4ccc5oc6ccccc6c5c4-c4nc(-c5cccc6c5sc5ccccc56)nc(-c5cccc6oc7ccccc7c56)n4)cc3)c21. The number of para-hydroxylation sites is 2. The largest absolute Gasteiger partial charge is 0.456 e. The average molecular weight is 986 g/mol. The maximum atomic E-state index is 6.68. The molecule has 0 bridgehead atoms. The van der Waals surface area contributed by atoms with Gasteiger partial charge in [0, 0.05) is 58.4 Å². The molecule has 0 atom stereocenters. The maximum absolute atomic E-state index is 6.68. The van der Waals surface area contributed by atoms with Crippen molar-refractivity contribution in [3.05, 3.63) is 259 Å². The van der Waals surface area contributed by atoms with Gasteiger partial charge in [-0.2, -0.15) is 0 Å². The van der Waals surface area contributed by atoms with E-state index in [0.717, 1.165) is 82.0 Å². The van der Waals surface area contributed by atoms with Crippen molar-refractivity contribution in [2.45, 2.75) is 5.41 Å². The van der Waals surface area contributed by atoms with E-state index >= 15 is 0 Å². The lowest BCUT2D eigenvalue weighted by molar-refractivity contribution is 0.668. The number of nitrogens with zero attached hydrogens (tertiary/aromatic N) is 3. The van der Waals surface area contributed by atoms with E-state index in [1.165, 1.54) is 65.5 Å². The molecule has 17 rings (SSSR count). The molecule has 2 aliphatic carbocycles. The van der Waals surface area contributed by atoms with E-state index in [1.807, 2.05) is 36.4 Å². The van der Waals surface area contributed by atoms with E-state index in [1.54, 1.807) is 11.3 Å². The van der Waals surface area contributed by atoms with Crippen LogP contribution in [-0.4, -0.2) is 15.0 Å². The molecule has 6 heteroatoms. The summed E-state index contributed by atoms with van der Waals surface area (Å²) in [5.74, 6) is 1.71. The number of hydrogen-bond donors (Lipinski definition) is 0. The minimum absolute atomic E-state index is 0.476. The highest BCUT2D eigenvalue weighted by molar-refractivity contribution is 7.26. The van der Waals surface area contributed by atoms with Gasteiger partial charge in [-0.05, 0) is 109 Å². The zero-order valence-electron chi connectivity index (χ0n) is 40.6. The first-order valence-corrected chi connectivity index (χ1v) is 26.6. The molecular formula is C70H39N3O2S. The van der Waals surface area contributed by atoms with Crippen LogP contribution in [0.4, 0.5) is 0 Å². The lowest BCUT2D eigenvalue weighted by Gasteiger charge is -2.32. The minimum Gasteiger partial charge on any atom is -0.456 e. The van der Waals surface area contributed by atoms with Gasteiger partial charge in [-0.15, -0.1) is 11.3 Å². The van der Waals surface area contributed by atoms with Crippen molar-refractivity contribution in [3.63, 3.8) is 0 Å². The molecule has 0 N–H and O–H groups in total. The Morgan fingerprint density at radius 3 is 1.47 bits per heavy atom. The molecule has 15 aromatic rings. The average Bonchev–Trinajstić information content (AvgIpc) is 4.33. The molecule has 0 aliphatic heterocycles. The van der Waals surface area contributed by atoms with E-state index < -0.39 is 5.41 Å². The lowest BCUT2D eigenvalue weighted by atomic mass is 9.68. The molecule has 0 unspecified atom stereocenters. The Morgan fingerprint density at radius 1 is 0.303 bits per heavy atom. The zero-order chi connectivity index (χ0) is 49.6. The molecule has 76 heavy (non-hydrogen) atoms. The highest BCUT2D eigenvalue weighted by atomic mass is 32.1. The van der Waals surface area contributed by atoms with Crippen LogP contribution in [0.3, 0.4) is 0 Å². The first-order valence-electron chi connectivity index (χ1n) is 25.7. The molecule has 4 aromatic heterocycles. The summed E-state index contributed by atoms with van der Waals surface area (Å²) >= 11 is 1.77. The number of aromatic nitrogens is 3. The van der Waals surface area contributed by atoms with Gasteiger partial charge in [-0.3, -0.25) is 0 Å². The summed E-state index contributed by atoms with van der Waals surface area (Å²) < 4.78 is 15.5. The van der Waals surface area contributed by atoms with E-state index in [0.29, 0.717) is 17.5 Å². The van der Waals surface area contributed by atoms with Crippen LogP contribution in [0, 0.1) is 0 Å². The summed E-state index contributed by atoms with van der Waals surface area (Å²) in [7, 11) is 0. The lowest BCUT2D eigenvalue weighted by Crippen LogP contribution is -2.26. The molecule has 0 saturated heterocycles. The highest BCUT2D eigenvalue weighted by Crippen LogP contribution is 2.64. The molecule has 0 amide bonds. The van der Waals surface area contributed by atoms with Gasteiger partial charge >= 0.3 is 0 Å². The zero-order valence-corrected chi connectivity index (χ0v) is 41.4. The molecule has 5 nitrogen and oxygen atoms in total. The van der Waals surface area contributed by atoms with Gasteiger partial charge in [0.05, 0.1) is 5.41 Å². The Balaban J connectivity index is 0.907. The number of furan rings is 2. The molecule has 1 spiro atoms. The molecular weight excluding hydrogens is 947 g/mol. The molecule has 4 heterocycles. The van der Waals surface area contributed by atoms with Gasteiger partial charge in [-0.25, -0.2) is 15.0 Å². The van der Waals surface area contributed by atoms with Crippen molar-refractivity contribution in [2.24, 2.45) is 0 Å². The number of rotatable bonds is 5. The van der Waals surface area contributed by atoms with Crippen LogP contribution in [0.5, 0.6) is 0 Å². The number of benzene rings is 11. The second-order valence-electron chi connectivity index (χ2n) is 20.0. The minimum atomic E-state index is -0.476. The summed E-state index contributed by atoms with van der Waals surface area (Å²) in [6.07, 6.45) is 0.